The van der Waals surface area contributed by atoms with E-state index in [9.17, 15) is 4.79 Å². The topological polar surface area (TPSA) is 106 Å². The molecule has 0 saturated heterocycles. The fourth-order valence-corrected chi connectivity index (χ4v) is 1.89. The SMILES string of the molecule is Cc1nc(CNC(=O)c2ccc(NN)nn2)cs1. The van der Waals surface area contributed by atoms with Crippen LogP contribution in [0.25, 0.3) is 0 Å². The molecule has 2 aromatic rings. The lowest BCUT2D eigenvalue weighted by Gasteiger charge is -2.02. The summed E-state index contributed by atoms with van der Waals surface area (Å²) in [7, 11) is 0. The number of thiazole rings is 1. The normalized spacial score (nSPS) is 10.1. The van der Waals surface area contributed by atoms with Gasteiger partial charge in [0.1, 0.15) is 0 Å². The summed E-state index contributed by atoms with van der Waals surface area (Å²) >= 11 is 1.54. The molecular weight excluding hydrogens is 252 g/mol. The molecule has 18 heavy (non-hydrogen) atoms. The Kier molecular flexibility index (Phi) is 3.80. The summed E-state index contributed by atoms with van der Waals surface area (Å²) in [6, 6.07) is 3.12. The average molecular weight is 264 g/mol. The minimum atomic E-state index is -0.295. The second-order valence-electron chi connectivity index (χ2n) is 3.49. The van der Waals surface area contributed by atoms with Crippen molar-refractivity contribution in [2.75, 3.05) is 5.43 Å². The zero-order valence-corrected chi connectivity index (χ0v) is 10.5. The first kappa shape index (κ1) is 12.4. The molecule has 0 aliphatic heterocycles. The van der Waals surface area contributed by atoms with Gasteiger partial charge in [-0.25, -0.2) is 10.8 Å². The molecule has 0 saturated carbocycles. The van der Waals surface area contributed by atoms with Crippen molar-refractivity contribution in [2.45, 2.75) is 13.5 Å². The molecule has 0 unspecified atom stereocenters. The molecule has 4 N–H and O–H groups in total. The van der Waals surface area contributed by atoms with E-state index in [1.807, 2.05) is 12.3 Å². The van der Waals surface area contributed by atoms with Crippen molar-refractivity contribution < 1.29 is 4.79 Å². The van der Waals surface area contributed by atoms with Crippen LogP contribution in [0, 0.1) is 6.92 Å². The van der Waals surface area contributed by atoms with Crippen LogP contribution in [0.4, 0.5) is 5.82 Å². The van der Waals surface area contributed by atoms with Crippen LogP contribution in [0.5, 0.6) is 0 Å². The lowest BCUT2D eigenvalue weighted by molar-refractivity contribution is 0.0944. The highest BCUT2D eigenvalue weighted by atomic mass is 32.1. The first-order valence-electron chi connectivity index (χ1n) is 5.18. The summed E-state index contributed by atoms with van der Waals surface area (Å²) in [6.45, 7) is 2.29. The van der Waals surface area contributed by atoms with Crippen LogP contribution < -0.4 is 16.6 Å². The van der Waals surface area contributed by atoms with E-state index in [1.165, 1.54) is 0 Å². The second-order valence-corrected chi connectivity index (χ2v) is 4.55. The lowest BCUT2D eigenvalue weighted by atomic mass is 10.3. The quantitative estimate of drug-likeness (QED) is 0.547. The van der Waals surface area contributed by atoms with Crippen LogP contribution in [-0.4, -0.2) is 21.1 Å². The standard InChI is InChI=1S/C10H12N6OS/c1-6-13-7(5-18-6)4-12-10(17)8-2-3-9(14-11)16-15-8/h2-3,5H,4,11H2,1H3,(H,12,17)(H,14,16). The number of hydrogen-bond donors (Lipinski definition) is 3. The Morgan fingerprint density at radius 2 is 2.28 bits per heavy atom. The zero-order valence-electron chi connectivity index (χ0n) is 9.67. The third-order valence-corrected chi connectivity index (χ3v) is 2.96. The minimum absolute atomic E-state index is 0.237. The molecule has 0 aromatic carbocycles. The first-order valence-corrected chi connectivity index (χ1v) is 6.06. The van der Waals surface area contributed by atoms with Crippen molar-refractivity contribution in [3.05, 3.63) is 33.9 Å². The number of nitrogens with one attached hydrogen (secondary N) is 2. The van der Waals surface area contributed by atoms with Gasteiger partial charge >= 0.3 is 0 Å². The molecule has 0 spiro atoms. The summed E-state index contributed by atoms with van der Waals surface area (Å²) in [5, 5.41) is 13.1. The second kappa shape index (κ2) is 5.52. The Balaban J connectivity index is 1.94. The van der Waals surface area contributed by atoms with E-state index in [1.54, 1.807) is 23.5 Å². The predicted molar refractivity (Wildman–Crippen MR) is 67.9 cm³/mol. The van der Waals surface area contributed by atoms with E-state index in [2.05, 4.69) is 25.9 Å². The van der Waals surface area contributed by atoms with Gasteiger partial charge in [0.2, 0.25) is 0 Å². The molecule has 0 aliphatic carbocycles. The highest BCUT2D eigenvalue weighted by molar-refractivity contribution is 7.09. The van der Waals surface area contributed by atoms with Crippen molar-refractivity contribution in [1.82, 2.24) is 20.5 Å². The molecule has 0 fully saturated rings. The summed E-state index contributed by atoms with van der Waals surface area (Å²) in [4.78, 5) is 16.0. The fourth-order valence-electron chi connectivity index (χ4n) is 1.28. The van der Waals surface area contributed by atoms with Gasteiger partial charge in [0.25, 0.3) is 5.91 Å². The van der Waals surface area contributed by atoms with Gasteiger partial charge in [-0.2, -0.15) is 0 Å². The minimum Gasteiger partial charge on any atom is -0.345 e. The molecule has 0 atom stereocenters. The number of aromatic nitrogens is 3. The van der Waals surface area contributed by atoms with Crippen molar-refractivity contribution in [2.24, 2.45) is 5.84 Å². The van der Waals surface area contributed by atoms with Gasteiger partial charge in [0, 0.05) is 5.38 Å². The maximum atomic E-state index is 11.7. The molecule has 0 bridgehead atoms. The van der Waals surface area contributed by atoms with Gasteiger partial charge in [0.05, 0.1) is 17.2 Å². The largest absolute Gasteiger partial charge is 0.345 e. The number of carbonyl (C=O) groups excluding carboxylic acids is 1. The molecular formula is C10H12N6OS. The fraction of sp³-hybridized carbons (Fsp3) is 0.200. The number of amides is 1. The highest BCUT2D eigenvalue weighted by Crippen LogP contribution is 2.07. The van der Waals surface area contributed by atoms with Gasteiger partial charge in [-0.15, -0.1) is 21.5 Å². The molecule has 94 valence electrons. The lowest BCUT2D eigenvalue weighted by Crippen LogP contribution is -2.24. The van der Waals surface area contributed by atoms with Gasteiger partial charge < -0.3 is 10.7 Å². The first-order chi connectivity index (χ1) is 8.69. The third-order valence-electron chi connectivity index (χ3n) is 2.14. The van der Waals surface area contributed by atoms with E-state index >= 15 is 0 Å². The Morgan fingerprint density at radius 1 is 1.44 bits per heavy atom. The maximum Gasteiger partial charge on any atom is 0.272 e. The van der Waals surface area contributed by atoms with E-state index < -0.39 is 0 Å². The zero-order chi connectivity index (χ0) is 13.0. The Labute approximate surface area is 107 Å². The number of hydrazine groups is 1. The number of hydrogen-bond acceptors (Lipinski definition) is 7. The molecule has 2 aromatic heterocycles. The Morgan fingerprint density at radius 3 is 2.83 bits per heavy atom. The van der Waals surface area contributed by atoms with Crippen molar-refractivity contribution in [3.8, 4) is 0 Å². The van der Waals surface area contributed by atoms with E-state index in [-0.39, 0.29) is 11.6 Å². The summed E-state index contributed by atoms with van der Waals surface area (Å²) < 4.78 is 0. The van der Waals surface area contributed by atoms with Gasteiger partial charge in [0.15, 0.2) is 11.5 Å². The van der Waals surface area contributed by atoms with Gasteiger partial charge in [-0.3, -0.25) is 4.79 Å². The highest BCUT2D eigenvalue weighted by Gasteiger charge is 2.08. The number of nitrogens with two attached hydrogens (primary N) is 1. The number of nitrogens with zero attached hydrogens (tertiary/aromatic N) is 3. The maximum absolute atomic E-state index is 11.7. The molecule has 0 aliphatic rings. The molecule has 1 amide bonds. The summed E-state index contributed by atoms with van der Waals surface area (Å²) in [5.41, 5.74) is 3.41. The number of nitrogen functional groups attached to an aromatic ring is 1. The van der Waals surface area contributed by atoms with E-state index in [0.717, 1.165) is 10.7 Å². The number of aryl methyl sites for hydroxylation is 1. The Bertz CT molecular complexity index is 538. The van der Waals surface area contributed by atoms with Crippen LogP contribution in [0.3, 0.4) is 0 Å². The molecule has 8 heteroatoms. The van der Waals surface area contributed by atoms with Crippen LogP contribution in [0.15, 0.2) is 17.5 Å². The van der Waals surface area contributed by atoms with E-state index in [4.69, 9.17) is 5.84 Å². The molecule has 2 rings (SSSR count). The van der Waals surface area contributed by atoms with E-state index in [0.29, 0.717) is 12.4 Å². The van der Waals surface area contributed by atoms with Crippen LogP contribution in [0.1, 0.15) is 21.2 Å². The Hall–Kier alpha value is -2.06. The third kappa shape index (κ3) is 2.99. The van der Waals surface area contributed by atoms with Crippen LogP contribution >= 0.6 is 11.3 Å². The van der Waals surface area contributed by atoms with Crippen LogP contribution in [-0.2, 0) is 6.54 Å². The monoisotopic (exact) mass is 264 g/mol. The van der Waals surface area contributed by atoms with Crippen LogP contribution in [0.2, 0.25) is 0 Å². The predicted octanol–water partition coefficient (Wildman–Crippen LogP) is 0.457. The number of rotatable bonds is 4. The number of carbonyl (C=O) groups is 1. The average Bonchev–Trinajstić information content (AvgIpc) is 2.82. The molecule has 0 radical (unpaired) electrons. The molecule has 2 heterocycles. The van der Waals surface area contributed by atoms with Crippen molar-refractivity contribution in [1.29, 1.82) is 0 Å². The van der Waals surface area contributed by atoms with Crippen molar-refractivity contribution >= 4 is 23.1 Å². The van der Waals surface area contributed by atoms with Gasteiger partial charge in [-0.05, 0) is 19.1 Å². The van der Waals surface area contributed by atoms with Gasteiger partial charge in [-0.1, -0.05) is 0 Å². The number of anilines is 1. The smallest absolute Gasteiger partial charge is 0.272 e. The molecule has 7 nitrogen and oxygen atoms in total. The van der Waals surface area contributed by atoms with Crippen molar-refractivity contribution in [3.63, 3.8) is 0 Å². The summed E-state index contributed by atoms with van der Waals surface area (Å²) in [6.07, 6.45) is 0. The summed E-state index contributed by atoms with van der Waals surface area (Å²) in [5.74, 6) is 5.26.